The van der Waals surface area contributed by atoms with Gasteiger partial charge < -0.3 is 20.5 Å². The molecule has 8 heteroatoms. The van der Waals surface area contributed by atoms with Crippen LogP contribution in [0.2, 0.25) is 0 Å². The molecule has 1 unspecified atom stereocenters. The number of hydrogen-bond donors (Lipinski definition) is 2. The lowest BCUT2D eigenvalue weighted by atomic mass is 10.1. The molecule has 0 amide bonds. The Bertz CT molecular complexity index is 630. The highest BCUT2D eigenvalue weighted by atomic mass is 16.7. The predicted octanol–water partition coefficient (Wildman–Crippen LogP) is 1.77. The monoisotopic (exact) mass is 333 g/mol. The zero-order valence-electron chi connectivity index (χ0n) is 14.0. The van der Waals surface area contributed by atoms with Gasteiger partial charge in [0.2, 0.25) is 0 Å². The lowest BCUT2D eigenvalue weighted by Crippen LogP contribution is -2.12. The molecule has 0 fully saturated rings. The molecule has 1 aromatic rings. The van der Waals surface area contributed by atoms with Gasteiger partial charge >= 0.3 is 6.16 Å². The first-order valence-corrected chi connectivity index (χ1v) is 7.93. The van der Waals surface area contributed by atoms with Crippen LogP contribution in [0, 0.1) is 0 Å². The van der Waals surface area contributed by atoms with Gasteiger partial charge in [-0.05, 0) is 12.8 Å². The van der Waals surface area contributed by atoms with Crippen molar-refractivity contribution in [3.8, 4) is 0 Å². The van der Waals surface area contributed by atoms with E-state index in [9.17, 15) is 4.79 Å². The molecule has 0 radical (unpaired) electrons. The molecule has 0 aromatic carbocycles. The number of rotatable bonds is 7. The summed E-state index contributed by atoms with van der Waals surface area (Å²) in [5.41, 5.74) is 8.38. The maximum Gasteiger partial charge on any atom is 0.507 e. The van der Waals surface area contributed by atoms with Crippen molar-refractivity contribution in [1.82, 2.24) is 9.97 Å². The summed E-state index contributed by atoms with van der Waals surface area (Å²) < 4.78 is 9.33. The summed E-state index contributed by atoms with van der Waals surface area (Å²) in [4.78, 5) is 24.1. The largest absolute Gasteiger partial charge is 0.507 e. The number of anilines is 1. The smallest absolute Gasteiger partial charge is 0.438 e. The lowest BCUT2D eigenvalue weighted by molar-refractivity contribution is 0.0704. The Labute approximate surface area is 141 Å². The molecule has 24 heavy (non-hydrogen) atoms. The van der Waals surface area contributed by atoms with Crippen LogP contribution < -0.4 is 11.1 Å². The van der Waals surface area contributed by atoms with Crippen molar-refractivity contribution in [1.29, 1.82) is 0 Å². The molecule has 2 heterocycles. The second-order valence-electron chi connectivity index (χ2n) is 5.28. The molecular weight excluding hydrogens is 310 g/mol. The third-order valence-electron chi connectivity index (χ3n) is 3.80. The Balaban J connectivity index is 2.02. The highest BCUT2D eigenvalue weighted by Gasteiger charge is 2.18. The Morgan fingerprint density at radius 1 is 1.54 bits per heavy atom. The van der Waals surface area contributed by atoms with Gasteiger partial charge in [-0.3, -0.25) is 4.99 Å². The molecule has 1 aliphatic rings. The Morgan fingerprint density at radius 2 is 2.38 bits per heavy atom. The number of aromatic nitrogens is 2. The van der Waals surface area contributed by atoms with Gasteiger partial charge in [0.05, 0.1) is 25.5 Å². The Hall–Kier alpha value is -2.64. The minimum atomic E-state index is -0.680. The van der Waals surface area contributed by atoms with E-state index in [4.69, 9.17) is 10.5 Å². The van der Waals surface area contributed by atoms with E-state index in [-0.39, 0.29) is 12.6 Å². The molecule has 3 N–H and O–H groups in total. The maximum absolute atomic E-state index is 11.0. The van der Waals surface area contributed by atoms with E-state index in [2.05, 4.69) is 25.0 Å². The standard InChI is InChI=1S/C16H23N5O3/c1-3-12(5-7-24-16(22)23-2)19-9-11(8-17)14-13-4-6-18-15(13)21-10-20-14/h8-10,12H,3-7,17H2,1-2H3,(H,18,20,21). The summed E-state index contributed by atoms with van der Waals surface area (Å²) in [6.45, 7) is 3.13. The highest BCUT2D eigenvalue weighted by Crippen LogP contribution is 2.25. The fraction of sp³-hybridized carbons (Fsp3) is 0.500. The number of carbonyl (C=O) groups excluding carboxylic acids is 1. The fourth-order valence-electron chi connectivity index (χ4n) is 2.45. The Morgan fingerprint density at radius 3 is 3.08 bits per heavy atom. The summed E-state index contributed by atoms with van der Waals surface area (Å²) in [6.07, 6.45) is 6.37. The quantitative estimate of drug-likeness (QED) is 0.577. The van der Waals surface area contributed by atoms with Crippen molar-refractivity contribution in [2.45, 2.75) is 32.2 Å². The van der Waals surface area contributed by atoms with Crippen LogP contribution in [0.25, 0.3) is 5.57 Å². The molecule has 8 nitrogen and oxygen atoms in total. The number of methoxy groups -OCH3 is 1. The summed E-state index contributed by atoms with van der Waals surface area (Å²) in [5, 5.41) is 3.22. The molecule has 0 saturated heterocycles. The number of allylic oxidation sites excluding steroid dienone is 1. The van der Waals surface area contributed by atoms with Crippen LogP contribution in [0.1, 0.15) is 31.0 Å². The zero-order chi connectivity index (χ0) is 17.4. The number of nitrogens with zero attached hydrogens (tertiary/aromatic N) is 3. The van der Waals surface area contributed by atoms with Crippen LogP contribution in [-0.2, 0) is 15.9 Å². The number of carbonyl (C=O) groups is 1. The van der Waals surface area contributed by atoms with Crippen LogP contribution in [0.4, 0.5) is 10.6 Å². The fourth-order valence-corrected chi connectivity index (χ4v) is 2.45. The van der Waals surface area contributed by atoms with E-state index in [0.29, 0.717) is 6.42 Å². The van der Waals surface area contributed by atoms with Crippen LogP contribution in [0.5, 0.6) is 0 Å². The maximum atomic E-state index is 11.0. The predicted molar refractivity (Wildman–Crippen MR) is 91.9 cm³/mol. The van der Waals surface area contributed by atoms with Crippen LogP contribution in [-0.4, -0.2) is 48.6 Å². The normalized spacial score (nSPS) is 15.0. The molecule has 0 spiro atoms. The number of nitrogens with two attached hydrogens (primary N) is 1. The van der Waals surface area contributed by atoms with Gasteiger partial charge in [-0.1, -0.05) is 6.92 Å². The first-order valence-electron chi connectivity index (χ1n) is 7.93. The van der Waals surface area contributed by atoms with E-state index in [1.54, 1.807) is 6.21 Å². The van der Waals surface area contributed by atoms with Gasteiger partial charge in [-0.15, -0.1) is 0 Å². The molecule has 0 saturated carbocycles. The average Bonchev–Trinajstić information content (AvgIpc) is 3.09. The molecule has 1 aromatic heterocycles. The molecule has 0 bridgehead atoms. The van der Waals surface area contributed by atoms with Gasteiger partial charge in [-0.25, -0.2) is 14.8 Å². The van der Waals surface area contributed by atoms with Crippen LogP contribution >= 0.6 is 0 Å². The Kier molecular flexibility index (Phi) is 6.53. The van der Waals surface area contributed by atoms with E-state index < -0.39 is 6.16 Å². The van der Waals surface area contributed by atoms with Gasteiger partial charge in [-0.2, -0.15) is 0 Å². The average molecular weight is 333 g/mol. The number of aliphatic imine (C=N–C) groups is 1. The van der Waals surface area contributed by atoms with Crippen molar-refractivity contribution in [2.75, 3.05) is 25.6 Å². The summed E-state index contributed by atoms with van der Waals surface area (Å²) >= 11 is 0. The summed E-state index contributed by atoms with van der Waals surface area (Å²) in [5.74, 6) is 0.853. The topological polar surface area (TPSA) is 112 Å². The summed E-state index contributed by atoms with van der Waals surface area (Å²) in [7, 11) is 1.28. The molecule has 1 atom stereocenters. The van der Waals surface area contributed by atoms with E-state index in [1.165, 1.54) is 19.6 Å². The molecule has 130 valence electrons. The van der Waals surface area contributed by atoms with Gasteiger partial charge in [0.1, 0.15) is 12.1 Å². The van der Waals surface area contributed by atoms with E-state index in [1.807, 2.05) is 6.92 Å². The van der Waals surface area contributed by atoms with Crippen molar-refractivity contribution < 1.29 is 14.3 Å². The number of ether oxygens (including phenoxy) is 2. The molecule has 0 aliphatic carbocycles. The van der Waals surface area contributed by atoms with Crippen LogP contribution in [0.15, 0.2) is 17.5 Å². The molecular formula is C16H23N5O3. The zero-order valence-corrected chi connectivity index (χ0v) is 14.0. The van der Waals surface area contributed by atoms with E-state index in [0.717, 1.165) is 42.0 Å². The highest BCUT2D eigenvalue weighted by molar-refractivity contribution is 6.09. The van der Waals surface area contributed by atoms with E-state index >= 15 is 0 Å². The molecule has 1 aliphatic heterocycles. The number of fused-ring (bicyclic) bond motifs is 1. The van der Waals surface area contributed by atoms with Crippen molar-refractivity contribution in [2.24, 2.45) is 10.7 Å². The first-order chi connectivity index (χ1) is 11.7. The molecule has 2 rings (SSSR count). The third-order valence-corrected chi connectivity index (χ3v) is 3.80. The summed E-state index contributed by atoms with van der Waals surface area (Å²) in [6, 6.07) is 0.0256. The van der Waals surface area contributed by atoms with Gasteiger partial charge in [0, 0.05) is 36.5 Å². The minimum Gasteiger partial charge on any atom is -0.438 e. The third kappa shape index (κ3) is 4.43. The van der Waals surface area contributed by atoms with Gasteiger partial charge in [0.25, 0.3) is 0 Å². The SMILES string of the molecule is CCC(CCOC(=O)OC)N=CC(=CN)c1ncnc2c1CCN2. The van der Waals surface area contributed by atoms with Crippen LogP contribution in [0.3, 0.4) is 0 Å². The van der Waals surface area contributed by atoms with Crippen molar-refractivity contribution >= 4 is 23.8 Å². The first kappa shape index (κ1) is 17.7. The minimum absolute atomic E-state index is 0.0256. The van der Waals surface area contributed by atoms with Crippen molar-refractivity contribution in [3.05, 3.63) is 23.8 Å². The van der Waals surface area contributed by atoms with Crippen molar-refractivity contribution in [3.63, 3.8) is 0 Å². The number of hydrogen-bond acceptors (Lipinski definition) is 8. The number of nitrogens with one attached hydrogen (secondary N) is 1. The second kappa shape index (κ2) is 8.85. The lowest BCUT2D eigenvalue weighted by Gasteiger charge is -2.11. The second-order valence-corrected chi connectivity index (χ2v) is 5.28. The van der Waals surface area contributed by atoms with Gasteiger partial charge in [0.15, 0.2) is 0 Å².